The number of carbonyl (C=O) groups excluding carboxylic acids is 1. The summed E-state index contributed by atoms with van der Waals surface area (Å²) >= 11 is 0. The lowest BCUT2D eigenvalue weighted by atomic mass is 10.0. The molecule has 0 aromatic heterocycles. The van der Waals surface area contributed by atoms with E-state index in [1.165, 1.54) is 0 Å². The van der Waals surface area contributed by atoms with E-state index in [2.05, 4.69) is 5.43 Å². The summed E-state index contributed by atoms with van der Waals surface area (Å²) in [5.74, 6) is 5.44. The lowest BCUT2D eigenvalue weighted by Gasteiger charge is -2.21. The van der Waals surface area contributed by atoms with Gasteiger partial charge >= 0.3 is 0 Å². The van der Waals surface area contributed by atoms with Crippen molar-refractivity contribution in [1.29, 1.82) is 0 Å². The maximum atomic E-state index is 11.6. The van der Waals surface area contributed by atoms with Crippen molar-refractivity contribution in [2.24, 2.45) is 11.8 Å². The van der Waals surface area contributed by atoms with Crippen LogP contribution in [0, 0.1) is 5.92 Å². The molecule has 1 aliphatic heterocycles. The Bertz CT molecular complexity index is 417. The maximum absolute atomic E-state index is 11.6. The van der Waals surface area contributed by atoms with Crippen LogP contribution in [-0.2, 0) is 16.1 Å². The lowest BCUT2D eigenvalue weighted by molar-refractivity contribution is 0.0156. The molecule has 5 nitrogen and oxygen atoms in total. The van der Waals surface area contributed by atoms with Crippen LogP contribution in [0.15, 0.2) is 24.3 Å². The molecule has 5 heteroatoms. The molecule has 1 aliphatic rings. The number of carbonyl (C=O) groups is 1. The molecule has 1 fully saturated rings. The first kappa shape index (κ1) is 14.0. The fraction of sp³-hybridized carbons (Fsp3) is 0.500. The first-order valence-corrected chi connectivity index (χ1v) is 6.55. The van der Waals surface area contributed by atoms with Gasteiger partial charge < -0.3 is 9.47 Å². The average Bonchev–Trinajstić information content (AvgIpc) is 2.48. The Morgan fingerprint density at radius 3 is 2.84 bits per heavy atom. The standard InChI is InChI=1S/C14H20N2O3/c15-16-14(17)13-4-2-1-3-12(13)10-19-9-11-5-7-18-8-6-11/h1-4,11H,5-10,15H2,(H,16,17). The molecule has 0 aliphatic carbocycles. The second-order valence-corrected chi connectivity index (χ2v) is 4.70. The summed E-state index contributed by atoms with van der Waals surface area (Å²) in [6.45, 7) is 2.78. The van der Waals surface area contributed by atoms with E-state index < -0.39 is 0 Å². The van der Waals surface area contributed by atoms with Crippen LogP contribution >= 0.6 is 0 Å². The number of hydrazine groups is 1. The summed E-state index contributed by atoms with van der Waals surface area (Å²) in [4.78, 5) is 11.6. The van der Waals surface area contributed by atoms with E-state index in [4.69, 9.17) is 15.3 Å². The molecule has 1 amide bonds. The van der Waals surface area contributed by atoms with Crippen LogP contribution in [0.2, 0.25) is 0 Å². The Kier molecular flexibility index (Phi) is 5.32. The number of nitrogens with one attached hydrogen (secondary N) is 1. The molecular weight excluding hydrogens is 244 g/mol. The van der Waals surface area contributed by atoms with E-state index in [0.29, 0.717) is 24.7 Å². The third-order valence-corrected chi connectivity index (χ3v) is 3.35. The summed E-state index contributed by atoms with van der Waals surface area (Å²) in [6.07, 6.45) is 2.09. The Hall–Kier alpha value is -1.43. The van der Waals surface area contributed by atoms with Gasteiger partial charge in [0.05, 0.1) is 13.2 Å². The maximum Gasteiger partial charge on any atom is 0.265 e. The van der Waals surface area contributed by atoms with Gasteiger partial charge in [-0.15, -0.1) is 0 Å². The highest BCUT2D eigenvalue weighted by Gasteiger charge is 2.14. The SMILES string of the molecule is NNC(=O)c1ccccc1COCC1CCOCC1. The Balaban J connectivity index is 1.86. The number of nitrogens with two attached hydrogens (primary N) is 1. The Labute approximate surface area is 113 Å². The largest absolute Gasteiger partial charge is 0.381 e. The summed E-state index contributed by atoms with van der Waals surface area (Å²) in [5.41, 5.74) is 3.58. The highest BCUT2D eigenvalue weighted by atomic mass is 16.5. The molecule has 19 heavy (non-hydrogen) atoms. The Morgan fingerprint density at radius 2 is 2.11 bits per heavy atom. The molecule has 0 atom stereocenters. The van der Waals surface area contributed by atoms with Gasteiger partial charge in [-0.1, -0.05) is 18.2 Å². The monoisotopic (exact) mass is 264 g/mol. The van der Waals surface area contributed by atoms with Crippen molar-refractivity contribution in [2.75, 3.05) is 19.8 Å². The minimum absolute atomic E-state index is 0.287. The minimum Gasteiger partial charge on any atom is -0.381 e. The van der Waals surface area contributed by atoms with Gasteiger partial charge in [-0.3, -0.25) is 10.2 Å². The average molecular weight is 264 g/mol. The van der Waals surface area contributed by atoms with Gasteiger partial charge in [0, 0.05) is 18.8 Å². The molecule has 0 radical (unpaired) electrons. The van der Waals surface area contributed by atoms with Crippen molar-refractivity contribution < 1.29 is 14.3 Å². The molecular formula is C14H20N2O3. The van der Waals surface area contributed by atoms with Crippen molar-refractivity contribution in [3.8, 4) is 0 Å². The zero-order chi connectivity index (χ0) is 13.5. The van der Waals surface area contributed by atoms with Crippen molar-refractivity contribution in [3.05, 3.63) is 35.4 Å². The number of hydrogen-bond donors (Lipinski definition) is 2. The lowest BCUT2D eigenvalue weighted by Crippen LogP contribution is -2.31. The zero-order valence-electron chi connectivity index (χ0n) is 10.9. The number of hydrogen-bond acceptors (Lipinski definition) is 4. The van der Waals surface area contributed by atoms with E-state index in [9.17, 15) is 4.79 Å². The number of rotatable bonds is 5. The van der Waals surface area contributed by atoms with E-state index >= 15 is 0 Å². The van der Waals surface area contributed by atoms with Crippen LogP contribution in [0.25, 0.3) is 0 Å². The van der Waals surface area contributed by atoms with Gasteiger partial charge in [0.15, 0.2) is 0 Å². The summed E-state index contributed by atoms with van der Waals surface area (Å²) in [7, 11) is 0. The molecule has 3 N–H and O–H groups in total. The van der Waals surface area contributed by atoms with Gasteiger partial charge in [-0.2, -0.15) is 0 Å². The highest BCUT2D eigenvalue weighted by Crippen LogP contribution is 2.16. The number of amides is 1. The van der Waals surface area contributed by atoms with E-state index in [-0.39, 0.29) is 5.91 Å². The summed E-state index contributed by atoms with van der Waals surface area (Å²) in [6, 6.07) is 7.33. The third-order valence-electron chi connectivity index (χ3n) is 3.35. The van der Waals surface area contributed by atoms with Crippen LogP contribution in [0.5, 0.6) is 0 Å². The van der Waals surface area contributed by atoms with Gasteiger partial charge in [0.25, 0.3) is 5.91 Å². The van der Waals surface area contributed by atoms with Crippen molar-refractivity contribution in [2.45, 2.75) is 19.4 Å². The molecule has 1 saturated heterocycles. The molecule has 2 rings (SSSR count). The van der Waals surface area contributed by atoms with Crippen LogP contribution in [-0.4, -0.2) is 25.7 Å². The van der Waals surface area contributed by atoms with Crippen LogP contribution in [0.4, 0.5) is 0 Å². The molecule has 1 heterocycles. The van der Waals surface area contributed by atoms with Crippen molar-refractivity contribution in [3.63, 3.8) is 0 Å². The second kappa shape index (κ2) is 7.23. The van der Waals surface area contributed by atoms with Crippen LogP contribution in [0.3, 0.4) is 0 Å². The molecule has 1 aromatic carbocycles. The molecule has 0 unspecified atom stereocenters. The quantitative estimate of drug-likeness (QED) is 0.476. The molecule has 0 spiro atoms. The Morgan fingerprint density at radius 1 is 1.37 bits per heavy atom. The van der Waals surface area contributed by atoms with Gasteiger partial charge in [0.2, 0.25) is 0 Å². The van der Waals surface area contributed by atoms with Crippen LogP contribution in [0.1, 0.15) is 28.8 Å². The van der Waals surface area contributed by atoms with Crippen molar-refractivity contribution in [1.82, 2.24) is 5.43 Å². The first-order chi connectivity index (χ1) is 9.31. The topological polar surface area (TPSA) is 73.6 Å². The van der Waals surface area contributed by atoms with E-state index in [0.717, 1.165) is 31.6 Å². The first-order valence-electron chi connectivity index (χ1n) is 6.55. The van der Waals surface area contributed by atoms with Crippen LogP contribution < -0.4 is 11.3 Å². The third kappa shape index (κ3) is 4.02. The summed E-state index contributed by atoms with van der Waals surface area (Å²) < 4.78 is 11.0. The summed E-state index contributed by atoms with van der Waals surface area (Å²) in [5, 5.41) is 0. The molecule has 104 valence electrons. The minimum atomic E-state index is -0.287. The molecule has 1 aromatic rings. The number of nitrogen functional groups attached to an aromatic ring is 1. The highest BCUT2D eigenvalue weighted by molar-refractivity contribution is 5.95. The predicted octanol–water partition coefficient (Wildman–Crippen LogP) is 1.23. The van der Waals surface area contributed by atoms with Gasteiger partial charge in [-0.25, -0.2) is 5.84 Å². The molecule has 0 bridgehead atoms. The van der Waals surface area contributed by atoms with Gasteiger partial charge in [0.1, 0.15) is 0 Å². The van der Waals surface area contributed by atoms with Gasteiger partial charge in [-0.05, 0) is 30.4 Å². The molecule has 0 saturated carbocycles. The smallest absolute Gasteiger partial charge is 0.265 e. The van der Waals surface area contributed by atoms with Crippen molar-refractivity contribution >= 4 is 5.91 Å². The number of benzene rings is 1. The van der Waals surface area contributed by atoms with E-state index in [1.54, 1.807) is 6.07 Å². The number of ether oxygens (including phenoxy) is 2. The fourth-order valence-electron chi connectivity index (χ4n) is 2.19. The second-order valence-electron chi connectivity index (χ2n) is 4.70. The predicted molar refractivity (Wildman–Crippen MR) is 71.3 cm³/mol. The van der Waals surface area contributed by atoms with E-state index in [1.807, 2.05) is 18.2 Å². The zero-order valence-corrected chi connectivity index (χ0v) is 10.9. The fourth-order valence-corrected chi connectivity index (χ4v) is 2.19. The normalized spacial score (nSPS) is 16.3.